The predicted octanol–water partition coefficient (Wildman–Crippen LogP) is 1.77. The van der Waals surface area contributed by atoms with Crippen LogP contribution in [0.4, 0.5) is 0 Å². The molecule has 0 heterocycles. The minimum absolute atomic E-state index is 0.0200. The molecule has 1 radical (unpaired) electrons. The highest BCUT2D eigenvalue weighted by atomic mass is 32.1. The number of rotatable bonds is 5. The van der Waals surface area contributed by atoms with E-state index in [-0.39, 0.29) is 6.04 Å². The lowest BCUT2D eigenvalue weighted by molar-refractivity contribution is 0.645. The molecule has 1 atom stereocenters. The van der Waals surface area contributed by atoms with Crippen LogP contribution in [0.3, 0.4) is 0 Å². The summed E-state index contributed by atoms with van der Waals surface area (Å²) in [5.74, 6) is 0. The van der Waals surface area contributed by atoms with E-state index in [0.717, 1.165) is 6.42 Å². The second-order valence-corrected chi connectivity index (χ2v) is 2.46. The van der Waals surface area contributed by atoms with Crippen molar-refractivity contribution in [3.63, 3.8) is 0 Å². The molecule has 0 spiro atoms. The van der Waals surface area contributed by atoms with Crippen molar-refractivity contribution in [2.45, 2.75) is 38.6 Å². The molecule has 0 aliphatic heterocycles. The standard InChI is InChI=1S/C7H14NS/c1-2-3-4-5-7(8)6-9/h7H,2-5,8H2,1H3. The molecule has 1 unspecified atom stereocenters. The summed E-state index contributed by atoms with van der Waals surface area (Å²) in [6.07, 6.45) is 4.67. The van der Waals surface area contributed by atoms with Crippen LogP contribution in [-0.2, 0) is 0 Å². The Bertz CT molecular complexity index is 73.3. The first-order valence-electron chi connectivity index (χ1n) is 3.44. The zero-order chi connectivity index (χ0) is 7.11. The fourth-order valence-corrected chi connectivity index (χ4v) is 0.791. The van der Waals surface area contributed by atoms with Crippen molar-refractivity contribution < 1.29 is 0 Å². The topological polar surface area (TPSA) is 26.0 Å². The van der Waals surface area contributed by atoms with Crippen molar-refractivity contribution in [1.29, 1.82) is 0 Å². The van der Waals surface area contributed by atoms with E-state index in [2.05, 4.69) is 24.5 Å². The monoisotopic (exact) mass is 144 g/mol. The lowest BCUT2D eigenvalue weighted by Crippen LogP contribution is -2.19. The van der Waals surface area contributed by atoms with E-state index in [0.29, 0.717) is 0 Å². The fraction of sp³-hybridized carbons (Fsp3) is 0.857. The number of nitrogens with two attached hydrogens (primary N) is 1. The third-order valence-corrected chi connectivity index (χ3v) is 1.57. The van der Waals surface area contributed by atoms with Gasteiger partial charge in [-0.05, 0) is 6.42 Å². The maximum Gasteiger partial charge on any atom is 0.0475 e. The van der Waals surface area contributed by atoms with Gasteiger partial charge in [0.1, 0.15) is 0 Å². The first kappa shape index (κ1) is 9.05. The maximum absolute atomic E-state index is 5.50. The summed E-state index contributed by atoms with van der Waals surface area (Å²) in [6, 6.07) is 0.0200. The van der Waals surface area contributed by atoms with Crippen LogP contribution in [-0.4, -0.2) is 11.4 Å². The van der Waals surface area contributed by atoms with Crippen molar-refractivity contribution in [2.24, 2.45) is 5.73 Å². The summed E-state index contributed by atoms with van der Waals surface area (Å²) >= 11 is 4.55. The number of hydrogen-bond acceptors (Lipinski definition) is 2. The van der Waals surface area contributed by atoms with Gasteiger partial charge in [-0.25, -0.2) is 0 Å². The molecular formula is C7H14NS. The zero-order valence-corrected chi connectivity index (χ0v) is 6.71. The second kappa shape index (κ2) is 6.17. The van der Waals surface area contributed by atoms with Gasteiger partial charge in [-0.3, -0.25) is 0 Å². The summed E-state index contributed by atoms with van der Waals surface area (Å²) in [4.78, 5) is 0. The Morgan fingerprint density at radius 2 is 2.22 bits per heavy atom. The average molecular weight is 144 g/mol. The van der Waals surface area contributed by atoms with Crippen LogP contribution in [0.2, 0.25) is 0 Å². The molecule has 53 valence electrons. The van der Waals surface area contributed by atoms with Crippen LogP contribution < -0.4 is 5.73 Å². The molecular weight excluding hydrogens is 130 g/mol. The molecule has 9 heavy (non-hydrogen) atoms. The lowest BCUT2D eigenvalue weighted by Gasteiger charge is -2.01. The fourth-order valence-electron chi connectivity index (χ4n) is 0.673. The summed E-state index contributed by atoms with van der Waals surface area (Å²) in [7, 11) is 0. The van der Waals surface area contributed by atoms with Crippen molar-refractivity contribution in [1.82, 2.24) is 0 Å². The molecule has 2 N–H and O–H groups in total. The zero-order valence-electron chi connectivity index (χ0n) is 5.89. The Labute approximate surface area is 62.6 Å². The minimum Gasteiger partial charge on any atom is -0.323 e. The summed E-state index contributed by atoms with van der Waals surface area (Å²) in [6.45, 7) is 2.17. The Kier molecular flexibility index (Phi) is 6.21. The van der Waals surface area contributed by atoms with Gasteiger partial charge in [-0.15, -0.1) is 0 Å². The average Bonchev–Trinajstić information content (AvgIpc) is 1.89. The van der Waals surface area contributed by atoms with Crippen molar-refractivity contribution in [2.75, 3.05) is 0 Å². The third-order valence-electron chi connectivity index (χ3n) is 1.27. The summed E-state index contributed by atoms with van der Waals surface area (Å²) in [5, 5.41) is 2.58. The molecule has 0 aromatic carbocycles. The maximum atomic E-state index is 5.50. The van der Waals surface area contributed by atoms with Crippen LogP contribution in [0.25, 0.3) is 0 Å². The van der Waals surface area contributed by atoms with Crippen LogP contribution in [0.1, 0.15) is 32.6 Å². The van der Waals surface area contributed by atoms with Gasteiger partial charge in [0.05, 0.1) is 0 Å². The normalized spacial score (nSPS) is 13.1. The molecule has 0 aliphatic carbocycles. The van der Waals surface area contributed by atoms with E-state index in [1.165, 1.54) is 19.3 Å². The van der Waals surface area contributed by atoms with Crippen LogP contribution in [0.15, 0.2) is 0 Å². The lowest BCUT2D eigenvalue weighted by atomic mass is 10.1. The van der Waals surface area contributed by atoms with Gasteiger partial charge in [0.2, 0.25) is 0 Å². The molecule has 0 fully saturated rings. The third kappa shape index (κ3) is 5.93. The van der Waals surface area contributed by atoms with Gasteiger partial charge < -0.3 is 5.73 Å². The molecule has 0 saturated carbocycles. The predicted molar refractivity (Wildman–Crippen MR) is 44.7 cm³/mol. The van der Waals surface area contributed by atoms with E-state index in [9.17, 15) is 0 Å². The van der Waals surface area contributed by atoms with Gasteiger partial charge in [0.15, 0.2) is 0 Å². The van der Waals surface area contributed by atoms with E-state index < -0.39 is 0 Å². The smallest absolute Gasteiger partial charge is 0.0475 e. The first-order chi connectivity index (χ1) is 4.31. The van der Waals surface area contributed by atoms with E-state index >= 15 is 0 Å². The van der Waals surface area contributed by atoms with Crippen LogP contribution >= 0.6 is 12.2 Å². The molecule has 1 nitrogen and oxygen atoms in total. The Morgan fingerprint density at radius 3 is 2.67 bits per heavy atom. The molecule has 2 heteroatoms. The molecule has 0 aromatic heterocycles. The van der Waals surface area contributed by atoms with Gasteiger partial charge in [-0.1, -0.05) is 38.4 Å². The van der Waals surface area contributed by atoms with Crippen LogP contribution in [0.5, 0.6) is 0 Å². The minimum atomic E-state index is 0.0200. The van der Waals surface area contributed by atoms with Gasteiger partial charge >= 0.3 is 0 Å². The molecule has 0 bridgehead atoms. The highest BCUT2D eigenvalue weighted by molar-refractivity contribution is 7.79. The number of hydrogen-bond donors (Lipinski definition) is 1. The van der Waals surface area contributed by atoms with E-state index in [1.54, 1.807) is 0 Å². The number of unbranched alkanes of at least 4 members (excludes halogenated alkanes) is 2. The van der Waals surface area contributed by atoms with Gasteiger partial charge in [-0.2, -0.15) is 0 Å². The highest BCUT2D eigenvalue weighted by Gasteiger charge is 1.95. The van der Waals surface area contributed by atoms with Gasteiger partial charge in [0, 0.05) is 11.4 Å². The second-order valence-electron chi connectivity index (χ2n) is 2.22. The summed E-state index contributed by atoms with van der Waals surface area (Å²) < 4.78 is 0. The Morgan fingerprint density at radius 1 is 1.56 bits per heavy atom. The number of thiocarbonyl (C=S) groups is 1. The summed E-state index contributed by atoms with van der Waals surface area (Å²) in [5.41, 5.74) is 5.50. The van der Waals surface area contributed by atoms with E-state index in [1.807, 2.05) is 0 Å². The van der Waals surface area contributed by atoms with Crippen LogP contribution in [0, 0.1) is 0 Å². The molecule has 0 aliphatic rings. The Hall–Kier alpha value is 0.0500. The first-order valence-corrected chi connectivity index (χ1v) is 3.85. The van der Waals surface area contributed by atoms with E-state index in [4.69, 9.17) is 5.73 Å². The Balaban J connectivity index is 2.96. The SMILES string of the molecule is CCCCCC(N)[C]=S. The largest absolute Gasteiger partial charge is 0.323 e. The molecule has 0 amide bonds. The van der Waals surface area contributed by atoms with Crippen molar-refractivity contribution in [3.8, 4) is 0 Å². The molecule has 0 aromatic rings. The highest BCUT2D eigenvalue weighted by Crippen LogP contribution is 1.99. The van der Waals surface area contributed by atoms with Gasteiger partial charge in [0.25, 0.3) is 0 Å². The van der Waals surface area contributed by atoms with Crippen molar-refractivity contribution in [3.05, 3.63) is 0 Å². The molecule has 0 saturated heterocycles. The quantitative estimate of drug-likeness (QED) is 0.470. The van der Waals surface area contributed by atoms with Crippen molar-refractivity contribution >= 4 is 17.6 Å². The molecule has 0 rings (SSSR count).